The van der Waals surface area contributed by atoms with Gasteiger partial charge in [0.15, 0.2) is 24.8 Å². The zero-order chi connectivity index (χ0) is 23.7. The van der Waals surface area contributed by atoms with Crippen LogP contribution in [0.25, 0.3) is 0 Å². The molecule has 0 spiro atoms. The van der Waals surface area contributed by atoms with Gasteiger partial charge in [0.25, 0.3) is 12.8 Å². The number of aliphatic hydroxyl groups excluding tert-OH is 1. The quantitative estimate of drug-likeness (QED) is 0.346. The number of halogens is 15. The van der Waals surface area contributed by atoms with E-state index in [9.17, 15) is 65.9 Å². The highest BCUT2D eigenvalue weighted by atomic mass is 19.4. The highest BCUT2D eigenvalue weighted by Crippen LogP contribution is 2.56. The van der Waals surface area contributed by atoms with Crippen LogP contribution in [0.15, 0.2) is 0 Å². The second-order valence-corrected chi connectivity index (χ2v) is 5.52. The van der Waals surface area contributed by atoms with E-state index in [1.165, 1.54) is 0 Å². The van der Waals surface area contributed by atoms with Crippen molar-refractivity contribution in [1.82, 2.24) is 0 Å². The third-order valence-corrected chi connectivity index (χ3v) is 3.31. The SMILES string of the molecule is CC(O)OC(F)C(F)(F)C(F)(F)C(F)(F)C(F)(F)C(F)C(F)C(F)C(F)C(F)F. The fraction of sp³-hybridized carbons (Fsp3) is 1.00. The van der Waals surface area contributed by atoms with Crippen LogP contribution in [0.1, 0.15) is 6.92 Å². The molecular weight excluding hydrogens is 461 g/mol. The molecule has 17 heteroatoms. The molecule has 0 heterocycles. The molecule has 2 nitrogen and oxygen atoms in total. The lowest BCUT2D eigenvalue weighted by Crippen LogP contribution is -2.68. The van der Waals surface area contributed by atoms with Gasteiger partial charge in [-0.1, -0.05) is 0 Å². The maximum atomic E-state index is 13.4. The van der Waals surface area contributed by atoms with Crippen LogP contribution in [0.5, 0.6) is 0 Å². The molecule has 0 aliphatic heterocycles. The molecule has 6 atom stereocenters. The molecule has 0 rings (SSSR count). The number of hydrogen-bond acceptors (Lipinski definition) is 2. The van der Waals surface area contributed by atoms with E-state index in [0.29, 0.717) is 6.92 Å². The van der Waals surface area contributed by atoms with Gasteiger partial charge in [-0.2, -0.15) is 35.1 Å². The summed E-state index contributed by atoms with van der Waals surface area (Å²) in [6, 6.07) is 0. The lowest BCUT2D eigenvalue weighted by molar-refractivity contribution is -0.407. The molecule has 0 saturated carbocycles. The van der Waals surface area contributed by atoms with Crippen molar-refractivity contribution >= 4 is 0 Å². The Morgan fingerprint density at radius 3 is 1.34 bits per heavy atom. The monoisotopic (exact) mass is 472 g/mol. The van der Waals surface area contributed by atoms with Gasteiger partial charge in [0.05, 0.1) is 0 Å². The Morgan fingerprint density at radius 2 is 1.00 bits per heavy atom. The van der Waals surface area contributed by atoms with E-state index < -0.39 is 67.5 Å². The molecule has 0 bridgehead atoms. The molecule has 176 valence electrons. The Balaban J connectivity index is 5.99. The maximum absolute atomic E-state index is 13.4. The molecule has 0 amide bonds. The molecule has 0 aliphatic rings. The van der Waals surface area contributed by atoms with E-state index >= 15 is 0 Å². The van der Waals surface area contributed by atoms with Crippen molar-refractivity contribution in [2.24, 2.45) is 0 Å². The number of aliphatic hydroxyl groups is 1. The summed E-state index contributed by atoms with van der Waals surface area (Å²) in [5.41, 5.74) is 0. The normalized spacial score (nSPS) is 20.9. The smallest absolute Gasteiger partial charge is 0.368 e. The van der Waals surface area contributed by atoms with Crippen molar-refractivity contribution < 1.29 is 75.7 Å². The molecule has 0 aromatic heterocycles. The summed E-state index contributed by atoms with van der Waals surface area (Å²) < 4.78 is 198. The molecule has 6 unspecified atom stereocenters. The minimum absolute atomic E-state index is 0.302. The van der Waals surface area contributed by atoms with Gasteiger partial charge in [-0.15, -0.1) is 0 Å². The predicted octanol–water partition coefficient (Wildman–Crippen LogP) is 4.80. The minimum atomic E-state index is -7.70. The summed E-state index contributed by atoms with van der Waals surface area (Å²) in [6.45, 7) is 0.302. The molecular formula is C12H11F15O2. The summed E-state index contributed by atoms with van der Waals surface area (Å²) in [5.74, 6) is -29.5. The van der Waals surface area contributed by atoms with Gasteiger partial charge in [-0.3, -0.25) is 0 Å². The van der Waals surface area contributed by atoms with E-state index in [1.54, 1.807) is 0 Å². The second-order valence-electron chi connectivity index (χ2n) is 5.52. The van der Waals surface area contributed by atoms with Crippen LogP contribution < -0.4 is 0 Å². The van der Waals surface area contributed by atoms with Gasteiger partial charge in [-0.05, 0) is 6.92 Å². The molecule has 0 aromatic rings. The second kappa shape index (κ2) is 8.93. The Hall–Kier alpha value is -1.13. The van der Waals surface area contributed by atoms with Gasteiger partial charge in [0.1, 0.15) is 0 Å². The summed E-state index contributed by atoms with van der Waals surface area (Å²) >= 11 is 0. The third kappa shape index (κ3) is 4.96. The Bertz CT molecular complexity index is 525. The van der Waals surface area contributed by atoms with Crippen molar-refractivity contribution in [3.63, 3.8) is 0 Å². The topological polar surface area (TPSA) is 29.5 Å². The first-order chi connectivity index (χ1) is 12.7. The molecule has 0 fully saturated rings. The minimum Gasteiger partial charge on any atom is -0.368 e. The Labute approximate surface area is 151 Å². The molecule has 1 N–H and O–H groups in total. The maximum Gasteiger partial charge on any atom is 0.383 e. The van der Waals surface area contributed by atoms with Crippen LogP contribution in [0.3, 0.4) is 0 Å². The number of alkyl halides is 15. The zero-order valence-electron chi connectivity index (χ0n) is 13.6. The van der Waals surface area contributed by atoms with Crippen LogP contribution in [-0.4, -0.2) is 72.6 Å². The fourth-order valence-corrected chi connectivity index (χ4v) is 1.67. The third-order valence-electron chi connectivity index (χ3n) is 3.31. The fourth-order valence-electron chi connectivity index (χ4n) is 1.67. The Kier molecular flexibility index (Phi) is 8.58. The molecule has 0 radical (unpaired) electrons. The van der Waals surface area contributed by atoms with Crippen molar-refractivity contribution in [2.45, 2.75) is 74.4 Å². The highest BCUT2D eigenvalue weighted by Gasteiger charge is 2.85. The lowest BCUT2D eigenvalue weighted by atomic mass is 9.92. The average molecular weight is 472 g/mol. The molecule has 0 aromatic carbocycles. The number of ether oxygens (including phenoxy) is 1. The summed E-state index contributed by atoms with van der Waals surface area (Å²) in [4.78, 5) is 0. The van der Waals surface area contributed by atoms with Crippen LogP contribution in [0.4, 0.5) is 65.9 Å². The predicted molar refractivity (Wildman–Crippen MR) is 63.0 cm³/mol. The first kappa shape index (κ1) is 27.9. The van der Waals surface area contributed by atoms with E-state index in [2.05, 4.69) is 4.74 Å². The molecule has 0 aliphatic carbocycles. The molecule has 29 heavy (non-hydrogen) atoms. The summed E-state index contributed by atoms with van der Waals surface area (Å²) in [5, 5.41) is 8.41. The largest absolute Gasteiger partial charge is 0.383 e. The van der Waals surface area contributed by atoms with E-state index in [4.69, 9.17) is 5.11 Å². The Morgan fingerprint density at radius 1 is 0.621 bits per heavy atom. The van der Waals surface area contributed by atoms with Crippen molar-refractivity contribution in [3.8, 4) is 0 Å². The van der Waals surface area contributed by atoms with Crippen molar-refractivity contribution in [2.75, 3.05) is 0 Å². The average Bonchev–Trinajstić information content (AvgIpc) is 2.57. The standard InChI is InChI=1S/C12H11F15O2/c1-2(28)29-8(19)10(22,23)12(26,27)11(24,25)9(20,21)6(16)4(14)3(13)5(15)7(17)18/h2-8,28H,1H3. The van der Waals surface area contributed by atoms with Gasteiger partial charge < -0.3 is 9.84 Å². The zero-order valence-corrected chi connectivity index (χ0v) is 13.6. The van der Waals surface area contributed by atoms with Crippen molar-refractivity contribution in [3.05, 3.63) is 0 Å². The van der Waals surface area contributed by atoms with Crippen molar-refractivity contribution in [1.29, 1.82) is 0 Å². The van der Waals surface area contributed by atoms with Crippen LogP contribution in [0, 0.1) is 0 Å². The highest BCUT2D eigenvalue weighted by molar-refractivity contribution is 5.09. The van der Waals surface area contributed by atoms with E-state index in [1.807, 2.05) is 0 Å². The van der Waals surface area contributed by atoms with Crippen LogP contribution in [0.2, 0.25) is 0 Å². The lowest BCUT2D eigenvalue weighted by Gasteiger charge is -2.39. The van der Waals surface area contributed by atoms with E-state index in [-0.39, 0.29) is 0 Å². The van der Waals surface area contributed by atoms with Crippen LogP contribution in [-0.2, 0) is 4.74 Å². The number of rotatable bonds is 11. The summed E-state index contributed by atoms with van der Waals surface area (Å²) in [6.07, 6.45) is -31.5. The first-order valence-electron chi connectivity index (χ1n) is 7.01. The van der Waals surface area contributed by atoms with Gasteiger partial charge in [0.2, 0.25) is 6.17 Å². The van der Waals surface area contributed by atoms with Gasteiger partial charge in [-0.25, -0.2) is 30.7 Å². The first-order valence-corrected chi connectivity index (χ1v) is 7.01. The summed E-state index contributed by atoms with van der Waals surface area (Å²) in [7, 11) is 0. The van der Waals surface area contributed by atoms with Gasteiger partial charge >= 0.3 is 23.7 Å². The number of hydrogen-bond donors (Lipinski definition) is 1. The molecule has 0 saturated heterocycles. The van der Waals surface area contributed by atoms with Gasteiger partial charge in [0, 0.05) is 0 Å². The van der Waals surface area contributed by atoms with Crippen LogP contribution >= 0.6 is 0 Å². The van der Waals surface area contributed by atoms with E-state index in [0.717, 1.165) is 0 Å².